The normalized spacial score (nSPS) is 16.3. The standard InChI is InChI=1S/C21H25ClN6/c1-2-20(21-23-24-25-28(21)16-17-7-4-3-5-8-17)27-13-11-26(12-14-27)19-10-6-9-18(22)15-19/h3-10,15,20H,2,11-14,16H2,1H3. The zero-order valence-electron chi connectivity index (χ0n) is 16.1. The van der Waals surface area contributed by atoms with Crippen LogP contribution in [0, 0.1) is 0 Å². The van der Waals surface area contributed by atoms with Crippen molar-refractivity contribution < 1.29 is 0 Å². The predicted octanol–water partition coefficient (Wildman–Crippen LogP) is 3.65. The van der Waals surface area contributed by atoms with E-state index in [-0.39, 0.29) is 6.04 Å². The van der Waals surface area contributed by atoms with Crippen molar-refractivity contribution in [1.29, 1.82) is 0 Å². The molecule has 7 heteroatoms. The van der Waals surface area contributed by atoms with Gasteiger partial charge in [-0.1, -0.05) is 54.9 Å². The first-order valence-corrected chi connectivity index (χ1v) is 10.2. The minimum atomic E-state index is 0.222. The summed E-state index contributed by atoms with van der Waals surface area (Å²) in [4.78, 5) is 4.89. The molecule has 28 heavy (non-hydrogen) atoms. The minimum absolute atomic E-state index is 0.222. The highest BCUT2D eigenvalue weighted by Crippen LogP contribution is 2.26. The Hall–Kier alpha value is -2.44. The molecule has 1 fully saturated rings. The Morgan fingerprint density at radius 1 is 1.00 bits per heavy atom. The molecule has 6 nitrogen and oxygen atoms in total. The van der Waals surface area contributed by atoms with Crippen molar-refractivity contribution in [1.82, 2.24) is 25.1 Å². The molecule has 1 saturated heterocycles. The number of hydrogen-bond acceptors (Lipinski definition) is 5. The first-order chi connectivity index (χ1) is 13.7. The second kappa shape index (κ2) is 8.71. The summed E-state index contributed by atoms with van der Waals surface area (Å²) in [6, 6.07) is 18.6. The molecule has 0 N–H and O–H groups in total. The van der Waals surface area contributed by atoms with E-state index >= 15 is 0 Å². The van der Waals surface area contributed by atoms with Crippen molar-refractivity contribution in [3.05, 3.63) is 71.0 Å². The van der Waals surface area contributed by atoms with Crippen molar-refractivity contribution in [2.45, 2.75) is 25.9 Å². The van der Waals surface area contributed by atoms with E-state index in [9.17, 15) is 0 Å². The highest BCUT2D eigenvalue weighted by atomic mass is 35.5. The summed E-state index contributed by atoms with van der Waals surface area (Å²) in [5.74, 6) is 0.947. The lowest BCUT2D eigenvalue weighted by Crippen LogP contribution is -2.48. The number of piperazine rings is 1. The quantitative estimate of drug-likeness (QED) is 0.636. The van der Waals surface area contributed by atoms with E-state index in [1.807, 2.05) is 41.1 Å². The number of hydrogen-bond donors (Lipinski definition) is 0. The average molecular weight is 397 g/mol. The maximum atomic E-state index is 6.16. The molecule has 2 heterocycles. The Morgan fingerprint density at radius 3 is 2.50 bits per heavy atom. The van der Waals surface area contributed by atoms with Gasteiger partial charge in [0.25, 0.3) is 0 Å². The molecule has 0 saturated carbocycles. The molecule has 0 radical (unpaired) electrons. The lowest BCUT2D eigenvalue weighted by Gasteiger charge is -2.39. The SMILES string of the molecule is CCC(c1nnnn1Cc1ccccc1)N1CCN(c2cccc(Cl)c2)CC1. The fraction of sp³-hybridized carbons (Fsp3) is 0.381. The molecule has 1 aliphatic rings. The second-order valence-corrected chi connectivity index (χ2v) is 7.54. The van der Waals surface area contributed by atoms with Crippen molar-refractivity contribution in [3.63, 3.8) is 0 Å². The van der Waals surface area contributed by atoms with E-state index in [4.69, 9.17) is 11.6 Å². The van der Waals surface area contributed by atoms with Crippen LogP contribution < -0.4 is 4.90 Å². The summed E-state index contributed by atoms with van der Waals surface area (Å²) in [5, 5.41) is 13.4. The Kier molecular flexibility index (Phi) is 5.88. The van der Waals surface area contributed by atoms with Gasteiger partial charge in [0.15, 0.2) is 5.82 Å². The maximum absolute atomic E-state index is 6.16. The third-order valence-corrected chi connectivity index (χ3v) is 5.58. The molecule has 2 aromatic carbocycles. The van der Waals surface area contributed by atoms with Crippen LogP contribution in [-0.2, 0) is 6.54 Å². The third kappa shape index (κ3) is 4.18. The van der Waals surface area contributed by atoms with Gasteiger partial charge in [0.2, 0.25) is 0 Å². The summed E-state index contributed by atoms with van der Waals surface area (Å²) in [6.07, 6.45) is 0.979. The van der Waals surface area contributed by atoms with Gasteiger partial charge in [0.05, 0.1) is 12.6 Å². The molecule has 146 valence electrons. The third-order valence-electron chi connectivity index (χ3n) is 5.35. The van der Waals surface area contributed by atoms with Crippen LogP contribution in [0.15, 0.2) is 54.6 Å². The van der Waals surface area contributed by atoms with Crippen LogP contribution in [0.4, 0.5) is 5.69 Å². The van der Waals surface area contributed by atoms with Crippen molar-refractivity contribution >= 4 is 17.3 Å². The number of tetrazole rings is 1. The Morgan fingerprint density at radius 2 is 1.79 bits per heavy atom. The van der Waals surface area contributed by atoms with Gasteiger partial charge in [-0.15, -0.1) is 5.10 Å². The molecular weight excluding hydrogens is 372 g/mol. The second-order valence-electron chi connectivity index (χ2n) is 7.11. The van der Waals surface area contributed by atoms with Crippen LogP contribution in [0.25, 0.3) is 0 Å². The van der Waals surface area contributed by atoms with Crippen LogP contribution >= 0.6 is 11.6 Å². The average Bonchev–Trinajstić information content (AvgIpc) is 3.18. The smallest absolute Gasteiger partial charge is 0.168 e. The summed E-state index contributed by atoms with van der Waals surface area (Å²) in [5.41, 5.74) is 2.39. The van der Waals surface area contributed by atoms with Gasteiger partial charge in [0, 0.05) is 36.9 Å². The summed E-state index contributed by atoms with van der Waals surface area (Å²) >= 11 is 6.16. The van der Waals surface area contributed by atoms with E-state index in [1.165, 1.54) is 11.3 Å². The van der Waals surface area contributed by atoms with Crippen LogP contribution in [0.5, 0.6) is 0 Å². The molecule has 1 aromatic heterocycles. The number of nitrogens with zero attached hydrogens (tertiary/aromatic N) is 6. The first-order valence-electron chi connectivity index (χ1n) is 9.79. The monoisotopic (exact) mass is 396 g/mol. The number of aromatic nitrogens is 4. The van der Waals surface area contributed by atoms with Gasteiger partial charge in [-0.25, -0.2) is 4.68 Å². The van der Waals surface area contributed by atoms with Gasteiger partial charge < -0.3 is 4.90 Å². The zero-order chi connectivity index (χ0) is 19.3. The Balaban J connectivity index is 1.45. The van der Waals surface area contributed by atoms with E-state index in [0.29, 0.717) is 6.54 Å². The number of rotatable bonds is 6. The fourth-order valence-electron chi connectivity index (χ4n) is 3.89. The summed E-state index contributed by atoms with van der Waals surface area (Å²) < 4.78 is 1.94. The molecule has 0 spiro atoms. The predicted molar refractivity (Wildman–Crippen MR) is 112 cm³/mol. The summed E-state index contributed by atoms with van der Waals surface area (Å²) in [7, 11) is 0. The van der Waals surface area contributed by atoms with Gasteiger partial charge in [-0.05, 0) is 40.6 Å². The van der Waals surface area contributed by atoms with Crippen molar-refractivity contribution in [3.8, 4) is 0 Å². The highest BCUT2D eigenvalue weighted by molar-refractivity contribution is 6.30. The fourth-order valence-corrected chi connectivity index (χ4v) is 4.07. The van der Waals surface area contributed by atoms with Crippen LogP contribution in [0.3, 0.4) is 0 Å². The molecule has 0 amide bonds. The first kappa shape index (κ1) is 18.9. The number of anilines is 1. The molecular formula is C21H25ClN6. The van der Waals surface area contributed by atoms with Crippen molar-refractivity contribution in [2.24, 2.45) is 0 Å². The summed E-state index contributed by atoms with van der Waals surface area (Å²) in [6.45, 7) is 6.79. The van der Waals surface area contributed by atoms with Gasteiger partial charge in [-0.2, -0.15) is 0 Å². The van der Waals surface area contributed by atoms with Crippen LogP contribution in [0.1, 0.15) is 30.8 Å². The molecule has 1 unspecified atom stereocenters. The molecule has 0 bridgehead atoms. The lowest BCUT2D eigenvalue weighted by atomic mass is 10.1. The largest absolute Gasteiger partial charge is 0.369 e. The Labute approximate surface area is 170 Å². The van der Waals surface area contributed by atoms with Crippen LogP contribution in [-0.4, -0.2) is 51.3 Å². The van der Waals surface area contributed by atoms with Gasteiger partial charge >= 0.3 is 0 Å². The topological polar surface area (TPSA) is 50.1 Å². The minimum Gasteiger partial charge on any atom is -0.369 e. The van der Waals surface area contributed by atoms with Gasteiger partial charge in [0.1, 0.15) is 0 Å². The molecule has 0 aliphatic carbocycles. The molecule has 1 aliphatic heterocycles. The molecule has 4 rings (SSSR count). The lowest BCUT2D eigenvalue weighted by molar-refractivity contribution is 0.169. The molecule has 3 aromatic rings. The van der Waals surface area contributed by atoms with E-state index < -0.39 is 0 Å². The van der Waals surface area contributed by atoms with Gasteiger partial charge in [-0.3, -0.25) is 4.90 Å². The zero-order valence-corrected chi connectivity index (χ0v) is 16.8. The Bertz CT molecular complexity index is 889. The highest BCUT2D eigenvalue weighted by Gasteiger charge is 2.28. The number of halogens is 1. The van der Waals surface area contributed by atoms with Crippen molar-refractivity contribution in [2.75, 3.05) is 31.1 Å². The van der Waals surface area contributed by atoms with E-state index in [1.54, 1.807) is 0 Å². The molecule has 1 atom stereocenters. The maximum Gasteiger partial charge on any atom is 0.168 e. The van der Waals surface area contributed by atoms with E-state index in [0.717, 1.165) is 43.4 Å². The number of benzene rings is 2. The van der Waals surface area contributed by atoms with Crippen LogP contribution in [0.2, 0.25) is 5.02 Å². The van der Waals surface area contributed by atoms with E-state index in [2.05, 4.69) is 50.4 Å².